The SMILES string of the molecule is C[C@@H]1CC2(CCC(F)(F)CC2)CN1C. The zero-order chi connectivity index (χ0) is 10.4. The fourth-order valence-electron chi connectivity index (χ4n) is 3.04. The lowest BCUT2D eigenvalue weighted by Crippen LogP contribution is -2.35. The van der Waals surface area contributed by atoms with Gasteiger partial charge in [0.15, 0.2) is 0 Å². The van der Waals surface area contributed by atoms with Crippen LogP contribution in [-0.2, 0) is 0 Å². The van der Waals surface area contributed by atoms with Gasteiger partial charge in [0.2, 0.25) is 5.92 Å². The maximum Gasteiger partial charge on any atom is 0.248 e. The van der Waals surface area contributed by atoms with Crippen molar-refractivity contribution in [1.82, 2.24) is 4.90 Å². The molecule has 0 aromatic carbocycles. The van der Waals surface area contributed by atoms with Gasteiger partial charge in [0.25, 0.3) is 0 Å². The molecule has 0 aromatic rings. The standard InChI is InChI=1S/C11H19F2N/c1-9-7-10(8-14(9)2)3-5-11(12,13)6-4-10/h9H,3-8H2,1-2H3/t9-/m1/s1. The van der Waals surface area contributed by atoms with Crippen LogP contribution in [0.4, 0.5) is 8.78 Å². The average Bonchev–Trinajstić information content (AvgIpc) is 2.36. The Balaban J connectivity index is 2.01. The summed E-state index contributed by atoms with van der Waals surface area (Å²) < 4.78 is 26.0. The lowest BCUT2D eigenvalue weighted by molar-refractivity contribution is -0.0646. The predicted molar refractivity (Wildman–Crippen MR) is 52.6 cm³/mol. The van der Waals surface area contributed by atoms with Crippen LogP contribution >= 0.6 is 0 Å². The van der Waals surface area contributed by atoms with Crippen molar-refractivity contribution in [2.45, 2.75) is 51.0 Å². The fourth-order valence-corrected chi connectivity index (χ4v) is 3.04. The Morgan fingerprint density at radius 3 is 2.14 bits per heavy atom. The van der Waals surface area contributed by atoms with Crippen LogP contribution in [0, 0.1) is 5.41 Å². The van der Waals surface area contributed by atoms with Crippen molar-refractivity contribution >= 4 is 0 Å². The minimum atomic E-state index is -2.38. The van der Waals surface area contributed by atoms with Gasteiger partial charge in [0.05, 0.1) is 0 Å². The molecular formula is C11H19F2N. The molecule has 2 aliphatic rings. The van der Waals surface area contributed by atoms with E-state index in [-0.39, 0.29) is 18.3 Å². The molecule has 1 atom stereocenters. The van der Waals surface area contributed by atoms with Crippen LogP contribution in [0.25, 0.3) is 0 Å². The van der Waals surface area contributed by atoms with Crippen molar-refractivity contribution in [1.29, 1.82) is 0 Å². The van der Waals surface area contributed by atoms with Gasteiger partial charge in [-0.1, -0.05) is 0 Å². The largest absolute Gasteiger partial charge is 0.303 e. The van der Waals surface area contributed by atoms with E-state index >= 15 is 0 Å². The van der Waals surface area contributed by atoms with Crippen molar-refractivity contribution in [3.05, 3.63) is 0 Å². The monoisotopic (exact) mass is 203 g/mol. The highest BCUT2D eigenvalue weighted by atomic mass is 19.3. The van der Waals surface area contributed by atoms with E-state index in [1.165, 1.54) is 0 Å². The molecule has 82 valence electrons. The van der Waals surface area contributed by atoms with Gasteiger partial charge in [-0.3, -0.25) is 0 Å². The Morgan fingerprint density at radius 1 is 1.14 bits per heavy atom. The number of likely N-dealkylation sites (tertiary alicyclic amines) is 1. The third kappa shape index (κ3) is 1.79. The third-order valence-corrected chi connectivity index (χ3v) is 4.11. The molecule has 0 unspecified atom stereocenters. The maximum absolute atomic E-state index is 13.0. The van der Waals surface area contributed by atoms with E-state index in [9.17, 15) is 8.78 Å². The summed E-state index contributed by atoms with van der Waals surface area (Å²) >= 11 is 0. The van der Waals surface area contributed by atoms with E-state index in [0.717, 1.165) is 13.0 Å². The molecule has 1 nitrogen and oxygen atoms in total. The van der Waals surface area contributed by atoms with Crippen LogP contribution in [0.2, 0.25) is 0 Å². The van der Waals surface area contributed by atoms with Crippen LogP contribution in [-0.4, -0.2) is 30.5 Å². The van der Waals surface area contributed by atoms with E-state index in [2.05, 4.69) is 18.9 Å². The highest BCUT2D eigenvalue weighted by Gasteiger charge is 2.47. The molecule has 1 aliphatic carbocycles. The first-order chi connectivity index (χ1) is 6.43. The van der Waals surface area contributed by atoms with Gasteiger partial charge in [-0.05, 0) is 38.6 Å². The second-order valence-electron chi connectivity index (χ2n) is 5.32. The van der Waals surface area contributed by atoms with Gasteiger partial charge in [-0.2, -0.15) is 0 Å². The Labute approximate surface area is 84.5 Å². The molecule has 1 saturated carbocycles. The molecule has 3 heteroatoms. The van der Waals surface area contributed by atoms with Gasteiger partial charge < -0.3 is 4.90 Å². The Hall–Kier alpha value is -0.180. The molecule has 14 heavy (non-hydrogen) atoms. The quantitative estimate of drug-likeness (QED) is 0.585. The van der Waals surface area contributed by atoms with Gasteiger partial charge in [0.1, 0.15) is 0 Å². The number of alkyl halides is 2. The van der Waals surface area contributed by atoms with Crippen molar-refractivity contribution in [2.24, 2.45) is 5.41 Å². The Bertz CT molecular complexity index is 205. The van der Waals surface area contributed by atoms with Crippen LogP contribution in [0.3, 0.4) is 0 Å². The molecule has 0 bridgehead atoms. The topological polar surface area (TPSA) is 3.24 Å². The normalized spacial score (nSPS) is 36.4. The summed E-state index contributed by atoms with van der Waals surface area (Å²) in [6, 6.07) is 0.571. The summed E-state index contributed by atoms with van der Waals surface area (Å²) in [5, 5.41) is 0. The van der Waals surface area contributed by atoms with E-state index < -0.39 is 5.92 Å². The Morgan fingerprint density at radius 2 is 1.71 bits per heavy atom. The van der Waals surface area contributed by atoms with Crippen molar-refractivity contribution in [3.63, 3.8) is 0 Å². The molecule has 0 amide bonds. The maximum atomic E-state index is 13.0. The molecule has 0 N–H and O–H groups in total. The second-order valence-corrected chi connectivity index (χ2v) is 5.32. The summed E-state index contributed by atoms with van der Waals surface area (Å²) in [6.45, 7) is 3.21. The first kappa shape index (κ1) is 10.3. The zero-order valence-electron chi connectivity index (χ0n) is 9.02. The molecule has 1 heterocycles. The molecule has 1 saturated heterocycles. The average molecular weight is 203 g/mol. The van der Waals surface area contributed by atoms with Crippen molar-refractivity contribution in [3.8, 4) is 0 Å². The summed E-state index contributed by atoms with van der Waals surface area (Å²) in [7, 11) is 2.10. The molecule has 1 spiro atoms. The number of hydrogen-bond donors (Lipinski definition) is 0. The molecular weight excluding hydrogens is 184 g/mol. The second kappa shape index (κ2) is 3.16. The first-order valence-electron chi connectivity index (χ1n) is 5.51. The lowest BCUT2D eigenvalue weighted by Gasteiger charge is -2.36. The zero-order valence-corrected chi connectivity index (χ0v) is 9.02. The van der Waals surface area contributed by atoms with Crippen LogP contribution < -0.4 is 0 Å². The van der Waals surface area contributed by atoms with Crippen LogP contribution in [0.15, 0.2) is 0 Å². The number of hydrogen-bond acceptors (Lipinski definition) is 1. The summed E-state index contributed by atoms with van der Waals surface area (Å²) in [5.41, 5.74) is 0.218. The fraction of sp³-hybridized carbons (Fsp3) is 1.00. The number of halogens is 2. The third-order valence-electron chi connectivity index (χ3n) is 4.11. The minimum absolute atomic E-state index is 0.105. The van der Waals surface area contributed by atoms with Gasteiger partial charge >= 0.3 is 0 Å². The number of rotatable bonds is 0. The molecule has 0 aromatic heterocycles. The Kier molecular flexibility index (Phi) is 2.33. The first-order valence-corrected chi connectivity index (χ1v) is 5.51. The number of nitrogens with zero attached hydrogens (tertiary/aromatic N) is 1. The molecule has 1 aliphatic heterocycles. The molecule has 2 fully saturated rings. The predicted octanol–water partition coefficient (Wildman–Crippen LogP) is 2.91. The van der Waals surface area contributed by atoms with Crippen LogP contribution in [0.5, 0.6) is 0 Å². The summed E-state index contributed by atoms with van der Waals surface area (Å²) in [4.78, 5) is 2.31. The minimum Gasteiger partial charge on any atom is -0.303 e. The van der Waals surface area contributed by atoms with Gasteiger partial charge in [0, 0.05) is 25.4 Å². The van der Waals surface area contributed by atoms with Gasteiger partial charge in [-0.15, -0.1) is 0 Å². The highest BCUT2D eigenvalue weighted by Crippen LogP contribution is 2.49. The lowest BCUT2D eigenvalue weighted by atomic mass is 9.71. The summed E-state index contributed by atoms with van der Waals surface area (Å²) in [5.74, 6) is -2.38. The van der Waals surface area contributed by atoms with Crippen LogP contribution in [0.1, 0.15) is 39.0 Å². The van der Waals surface area contributed by atoms with E-state index in [0.29, 0.717) is 18.9 Å². The highest BCUT2D eigenvalue weighted by molar-refractivity contribution is 4.97. The van der Waals surface area contributed by atoms with Crippen molar-refractivity contribution < 1.29 is 8.78 Å². The van der Waals surface area contributed by atoms with E-state index in [1.54, 1.807) is 0 Å². The van der Waals surface area contributed by atoms with E-state index in [1.807, 2.05) is 0 Å². The summed E-state index contributed by atoms with van der Waals surface area (Å²) in [6.07, 6.45) is 2.75. The molecule has 2 rings (SSSR count). The molecule has 0 radical (unpaired) electrons. The smallest absolute Gasteiger partial charge is 0.248 e. The van der Waals surface area contributed by atoms with Crippen molar-refractivity contribution in [2.75, 3.05) is 13.6 Å². The van der Waals surface area contributed by atoms with E-state index in [4.69, 9.17) is 0 Å². The van der Waals surface area contributed by atoms with Gasteiger partial charge in [-0.25, -0.2) is 8.78 Å².